The quantitative estimate of drug-likeness (QED) is 0.0259. The number of allylic oxidation sites excluding steroid dienone is 14. The summed E-state index contributed by atoms with van der Waals surface area (Å²) in [6.07, 6.45) is 67.8. The van der Waals surface area contributed by atoms with Crippen LogP contribution in [0.3, 0.4) is 0 Å². The first-order valence-electron chi connectivity index (χ1n) is 28.1. The maximum absolute atomic E-state index is 12.8. The molecule has 0 aliphatic heterocycles. The van der Waals surface area contributed by atoms with Gasteiger partial charge in [-0.25, -0.2) is 0 Å². The van der Waals surface area contributed by atoms with Crippen molar-refractivity contribution in [3.8, 4) is 0 Å². The first-order chi connectivity index (χ1) is 33.6. The van der Waals surface area contributed by atoms with Gasteiger partial charge in [0, 0.05) is 19.3 Å². The monoisotopic (exact) mass is 964 g/mol. The molecule has 2 unspecified atom stereocenters. The fraction of sp³-hybridized carbons (Fsp3) is 0.721. The SMILES string of the molecule is CC/C=C/C/C=C/C/C=C/C/C=C/C/C=C/C/C=C/C/C=C/CCCC(=O)OCC(COCCC(C(=O)[O-])[N+](C)(C)C)OC(=O)CCCCCCCCCCCCCCCCCCCCCCCC. The zero-order chi connectivity index (χ0) is 50.6. The van der Waals surface area contributed by atoms with Gasteiger partial charge < -0.3 is 28.6 Å². The van der Waals surface area contributed by atoms with Crippen molar-refractivity contribution >= 4 is 17.9 Å². The van der Waals surface area contributed by atoms with Crippen LogP contribution < -0.4 is 5.11 Å². The minimum absolute atomic E-state index is 0.0205. The van der Waals surface area contributed by atoms with Crippen LogP contribution in [0.4, 0.5) is 0 Å². The van der Waals surface area contributed by atoms with E-state index in [0.717, 1.165) is 70.6 Å². The summed E-state index contributed by atoms with van der Waals surface area (Å²) in [5.41, 5.74) is 0. The maximum Gasteiger partial charge on any atom is 0.306 e. The number of aliphatic carboxylic acids is 1. The number of esters is 2. The molecule has 0 aromatic heterocycles. The second-order valence-electron chi connectivity index (χ2n) is 19.8. The Kier molecular flexibility index (Phi) is 48.3. The summed E-state index contributed by atoms with van der Waals surface area (Å²) in [6.45, 7) is 4.51. The number of quaternary nitrogens is 1. The number of nitrogens with zero attached hydrogens (tertiary/aromatic N) is 1. The lowest BCUT2D eigenvalue weighted by Crippen LogP contribution is -2.55. The number of likely N-dealkylation sites (N-methyl/N-ethyl adjacent to an activating group) is 1. The van der Waals surface area contributed by atoms with Crippen LogP contribution in [0.2, 0.25) is 0 Å². The Morgan fingerprint density at radius 3 is 1.19 bits per heavy atom. The molecule has 0 rings (SSSR count). The third-order valence-corrected chi connectivity index (χ3v) is 12.3. The van der Waals surface area contributed by atoms with Crippen molar-refractivity contribution in [3.05, 3.63) is 85.1 Å². The van der Waals surface area contributed by atoms with Gasteiger partial charge in [0.15, 0.2) is 6.10 Å². The molecule has 8 heteroatoms. The Labute approximate surface area is 424 Å². The number of unbranched alkanes of at least 4 members (excludes halogenated alkanes) is 22. The van der Waals surface area contributed by atoms with Crippen molar-refractivity contribution in [3.63, 3.8) is 0 Å². The van der Waals surface area contributed by atoms with E-state index in [4.69, 9.17) is 14.2 Å². The van der Waals surface area contributed by atoms with Crippen LogP contribution in [0.1, 0.15) is 232 Å². The highest BCUT2D eigenvalue weighted by molar-refractivity contribution is 5.70. The lowest BCUT2D eigenvalue weighted by molar-refractivity contribution is -0.889. The molecule has 0 saturated heterocycles. The van der Waals surface area contributed by atoms with Crippen molar-refractivity contribution in [1.29, 1.82) is 0 Å². The summed E-state index contributed by atoms with van der Waals surface area (Å²) in [5, 5.41) is 11.7. The minimum atomic E-state index is -1.13. The lowest BCUT2D eigenvalue weighted by Gasteiger charge is -2.34. The van der Waals surface area contributed by atoms with Gasteiger partial charge in [-0.05, 0) is 64.2 Å². The van der Waals surface area contributed by atoms with Crippen molar-refractivity contribution in [2.24, 2.45) is 0 Å². The van der Waals surface area contributed by atoms with Crippen LogP contribution in [0, 0.1) is 0 Å². The van der Waals surface area contributed by atoms with Gasteiger partial charge in [-0.3, -0.25) is 9.59 Å². The first kappa shape index (κ1) is 65.5. The highest BCUT2D eigenvalue weighted by atomic mass is 16.6. The highest BCUT2D eigenvalue weighted by Gasteiger charge is 2.25. The van der Waals surface area contributed by atoms with Crippen LogP contribution in [0.5, 0.6) is 0 Å². The fourth-order valence-electron chi connectivity index (χ4n) is 8.00. The van der Waals surface area contributed by atoms with Gasteiger partial charge in [0.1, 0.15) is 12.6 Å². The largest absolute Gasteiger partial charge is 0.544 e. The van der Waals surface area contributed by atoms with E-state index in [2.05, 4.69) is 98.9 Å². The Morgan fingerprint density at radius 2 is 0.812 bits per heavy atom. The summed E-state index contributed by atoms with van der Waals surface area (Å²) in [5.74, 6) is -1.81. The predicted octanol–water partition coefficient (Wildman–Crippen LogP) is 15.5. The van der Waals surface area contributed by atoms with E-state index in [1.807, 2.05) is 0 Å². The van der Waals surface area contributed by atoms with Crippen LogP contribution >= 0.6 is 0 Å². The van der Waals surface area contributed by atoms with E-state index in [9.17, 15) is 19.5 Å². The highest BCUT2D eigenvalue weighted by Crippen LogP contribution is 2.16. The average Bonchev–Trinajstić information content (AvgIpc) is 3.31. The number of ether oxygens (including phenoxy) is 3. The third kappa shape index (κ3) is 49.3. The lowest BCUT2D eigenvalue weighted by atomic mass is 10.0. The smallest absolute Gasteiger partial charge is 0.306 e. The van der Waals surface area contributed by atoms with Crippen LogP contribution in [-0.4, -0.2) is 75.5 Å². The summed E-state index contributed by atoms with van der Waals surface area (Å²) < 4.78 is 17.2. The summed E-state index contributed by atoms with van der Waals surface area (Å²) in [7, 11) is 5.40. The molecule has 0 spiro atoms. The third-order valence-electron chi connectivity index (χ3n) is 12.3. The predicted molar refractivity (Wildman–Crippen MR) is 291 cm³/mol. The molecule has 2 atom stereocenters. The van der Waals surface area contributed by atoms with Crippen molar-refractivity contribution in [2.75, 3.05) is 41.0 Å². The Bertz CT molecular complexity index is 1400. The molecule has 0 aromatic rings. The van der Waals surface area contributed by atoms with Gasteiger partial charge in [0.05, 0.1) is 40.3 Å². The molecule has 0 aliphatic carbocycles. The van der Waals surface area contributed by atoms with E-state index in [0.29, 0.717) is 12.8 Å². The molecule has 0 saturated carbocycles. The summed E-state index contributed by atoms with van der Waals surface area (Å²) in [4.78, 5) is 37.1. The molecule has 0 fully saturated rings. The van der Waals surface area contributed by atoms with Crippen LogP contribution in [0.15, 0.2) is 85.1 Å². The van der Waals surface area contributed by atoms with E-state index in [1.165, 1.54) is 122 Å². The van der Waals surface area contributed by atoms with E-state index in [1.54, 1.807) is 21.1 Å². The Morgan fingerprint density at radius 1 is 0.449 bits per heavy atom. The van der Waals surface area contributed by atoms with E-state index in [-0.39, 0.29) is 49.1 Å². The maximum atomic E-state index is 12.8. The summed E-state index contributed by atoms with van der Waals surface area (Å²) >= 11 is 0. The summed E-state index contributed by atoms with van der Waals surface area (Å²) in [6, 6.07) is -0.739. The van der Waals surface area contributed by atoms with Crippen molar-refractivity contribution in [2.45, 2.75) is 244 Å². The van der Waals surface area contributed by atoms with Crippen LogP contribution in [0.25, 0.3) is 0 Å². The van der Waals surface area contributed by atoms with Gasteiger partial charge >= 0.3 is 11.9 Å². The number of hydrogen-bond acceptors (Lipinski definition) is 7. The molecule has 8 nitrogen and oxygen atoms in total. The molecule has 0 N–H and O–H groups in total. The van der Waals surface area contributed by atoms with Gasteiger partial charge in [-0.15, -0.1) is 0 Å². The number of hydrogen-bond donors (Lipinski definition) is 0. The molecule has 0 heterocycles. The molecule has 0 bridgehead atoms. The van der Waals surface area contributed by atoms with Gasteiger partial charge in [0.2, 0.25) is 0 Å². The Hall–Kier alpha value is -3.49. The number of rotatable bonds is 50. The number of carboxylic acids is 1. The first-order valence-corrected chi connectivity index (χ1v) is 28.1. The average molecular weight is 965 g/mol. The molecular formula is C61H105NO7. The topological polar surface area (TPSA) is 102 Å². The second kappa shape index (κ2) is 50.9. The molecule has 0 radical (unpaired) electrons. The molecule has 396 valence electrons. The van der Waals surface area contributed by atoms with Gasteiger partial charge in [-0.1, -0.05) is 234 Å². The molecule has 0 aliphatic rings. The molecule has 69 heavy (non-hydrogen) atoms. The molecule has 0 aromatic carbocycles. The number of carbonyl (C=O) groups excluding carboxylic acids is 3. The number of carboxylic acid groups (broad SMARTS) is 1. The van der Waals surface area contributed by atoms with E-state index < -0.39 is 18.1 Å². The van der Waals surface area contributed by atoms with Gasteiger partial charge in [0.25, 0.3) is 0 Å². The van der Waals surface area contributed by atoms with Crippen molar-refractivity contribution in [1.82, 2.24) is 0 Å². The zero-order valence-corrected chi connectivity index (χ0v) is 45.2. The Balaban J connectivity index is 4.29. The van der Waals surface area contributed by atoms with Crippen LogP contribution in [-0.2, 0) is 28.6 Å². The standard InChI is InChI=1S/C61H105NO7/c1-6-8-10-12-14-16-18-20-22-24-26-28-30-32-33-35-37-39-41-43-45-47-49-51-59(63)68-56-57(55-67-54-53-58(61(65)66)62(3,4)5)69-60(64)52-50-48-46-44-42-40-38-36-34-31-29-27-25-23-21-19-17-15-13-11-9-7-2/h8,10,14,16,20,22,26,28,32-33,37,39,43,45,57-58H,6-7,9,11-13,15,17-19,21,23-25,27,29-31,34-36,38,40-42,44,46-56H2,1-5H3/b10-8+,16-14+,22-20+,28-26+,33-32+,39-37+,45-43+. The zero-order valence-electron chi connectivity index (χ0n) is 45.2. The molecule has 0 amide bonds. The minimum Gasteiger partial charge on any atom is -0.544 e. The second-order valence-corrected chi connectivity index (χ2v) is 19.8. The van der Waals surface area contributed by atoms with E-state index >= 15 is 0 Å². The normalized spacial score (nSPS) is 13.5. The van der Waals surface area contributed by atoms with Crippen molar-refractivity contribution < 1.29 is 38.2 Å². The van der Waals surface area contributed by atoms with Gasteiger partial charge in [-0.2, -0.15) is 0 Å². The fourth-order valence-corrected chi connectivity index (χ4v) is 8.00. The molecular weight excluding hydrogens is 859 g/mol. The number of carbonyl (C=O) groups is 3.